The van der Waals surface area contributed by atoms with E-state index in [4.69, 9.17) is 9.47 Å². The molecule has 0 aliphatic rings. The van der Waals surface area contributed by atoms with Crippen LogP contribution < -0.4 is 10.1 Å². The van der Waals surface area contributed by atoms with Crippen molar-refractivity contribution in [3.63, 3.8) is 0 Å². The van der Waals surface area contributed by atoms with Crippen molar-refractivity contribution in [2.24, 2.45) is 0 Å². The molecule has 1 aromatic carbocycles. The maximum Gasteiger partial charge on any atom is 0.330 e. The molecule has 1 N–H and O–H groups in total. The minimum atomic E-state index is -0.902. The summed E-state index contributed by atoms with van der Waals surface area (Å²) < 4.78 is 10.8. The van der Waals surface area contributed by atoms with E-state index >= 15 is 0 Å². The van der Waals surface area contributed by atoms with E-state index in [9.17, 15) is 4.79 Å². The first-order valence-electron chi connectivity index (χ1n) is 7.24. The van der Waals surface area contributed by atoms with Crippen LogP contribution in [0.15, 0.2) is 36.9 Å². The third kappa shape index (κ3) is 4.60. The van der Waals surface area contributed by atoms with Crippen molar-refractivity contribution in [2.45, 2.75) is 39.3 Å². The minimum absolute atomic E-state index is 0.117. The monoisotopic (exact) mass is 291 g/mol. The summed E-state index contributed by atoms with van der Waals surface area (Å²) in [6.07, 6.45) is 1.83. The van der Waals surface area contributed by atoms with Crippen LogP contribution in [0.5, 0.6) is 5.75 Å². The van der Waals surface area contributed by atoms with Crippen LogP contribution in [0, 0.1) is 0 Å². The van der Waals surface area contributed by atoms with Crippen molar-refractivity contribution in [2.75, 3.05) is 13.2 Å². The Morgan fingerprint density at radius 3 is 2.48 bits per heavy atom. The average molecular weight is 291 g/mol. The summed E-state index contributed by atoms with van der Waals surface area (Å²) in [4.78, 5) is 12.3. The number of hydrogen-bond donors (Lipinski definition) is 1. The number of rotatable bonds is 8. The van der Waals surface area contributed by atoms with Gasteiger partial charge in [0, 0.05) is 6.54 Å². The number of benzene rings is 1. The molecule has 0 aliphatic carbocycles. The molecular formula is C17H25NO3. The molecule has 1 rings (SSSR count). The molecule has 0 bridgehead atoms. The largest absolute Gasteiger partial charge is 0.491 e. The maximum atomic E-state index is 12.3. The van der Waals surface area contributed by atoms with Crippen LogP contribution in [0.3, 0.4) is 0 Å². The van der Waals surface area contributed by atoms with Gasteiger partial charge in [-0.25, -0.2) is 4.79 Å². The van der Waals surface area contributed by atoms with E-state index in [1.165, 1.54) is 0 Å². The number of ether oxygens (including phenoxy) is 2. The lowest BCUT2D eigenvalue weighted by molar-refractivity contribution is -0.150. The van der Waals surface area contributed by atoms with Gasteiger partial charge in [0.25, 0.3) is 0 Å². The van der Waals surface area contributed by atoms with Crippen molar-refractivity contribution in [3.05, 3.63) is 42.5 Å². The standard InChI is InChI=1S/C17H25NO3/c1-6-12-18-17(5,16(19)20-7-2)14-8-10-15(11-9-14)21-13(3)4/h6,8-11,13,18H,1,7,12H2,2-5H3. The van der Waals surface area contributed by atoms with Crippen LogP contribution in [-0.4, -0.2) is 25.2 Å². The molecule has 0 heterocycles. The predicted octanol–water partition coefficient (Wildman–Crippen LogP) is 3.03. The summed E-state index contributed by atoms with van der Waals surface area (Å²) in [5, 5.41) is 3.17. The molecule has 1 aromatic rings. The van der Waals surface area contributed by atoms with Crippen molar-refractivity contribution in [3.8, 4) is 5.75 Å². The van der Waals surface area contributed by atoms with E-state index in [1.807, 2.05) is 45.0 Å². The van der Waals surface area contributed by atoms with Crippen molar-refractivity contribution >= 4 is 5.97 Å². The summed E-state index contributed by atoms with van der Waals surface area (Å²) in [5.74, 6) is 0.480. The lowest BCUT2D eigenvalue weighted by Gasteiger charge is -2.29. The Morgan fingerprint density at radius 2 is 2.00 bits per heavy atom. The average Bonchev–Trinajstić information content (AvgIpc) is 2.45. The van der Waals surface area contributed by atoms with Crippen molar-refractivity contribution < 1.29 is 14.3 Å². The van der Waals surface area contributed by atoms with Gasteiger partial charge < -0.3 is 9.47 Å². The smallest absolute Gasteiger partial charge is 0.330 e. The first kappa shape index (κ1) is 17.2. The van der Waals surface area contributed by atoms with Crippen LogP contribution >= 0.6 is 0 Å². The zero-order valence-corrected chi connectivity index (χ0v) is 13.3. The van der Waals surface area contributed by atoms with Gasteiger partial charge in [0.15, 0.2) is 0 Å². The summed E-state index contributed by atoms with van der Waals surface area (Å²) in [6.45, 7) is 12.1. The molecule has 0 aromatic heterocycles. The van der Waals surface area contributed by atoms with Gasteiger partial charge in [0.2, 0.25) is 0 Å². The molecule has 0 saturated heterocycles. The molecule has 0 spiro atoms. The number of nitrogens with one attached hydrogen (secondary N) is 1. The van der Waals surface area contributed by atoms with E-state index in [0.29, 0.717) is 13.2 Å². The normalized spacial score (nSPS) is 13.6. The zero-order valence-electron chi connectivity index (χ0n) is 13.3. The van der Waals surface area contributed by atoms with Crippen LogP contribution in [0.1, 0.15) is 33.3 Å². The van der Waals surface area contributed by atoms with Gasteiger partial charge in [-0.3, -0.25) is 5.32 Å². The second kappa shape index (κ2) is 7.84. The van der Waals surface area contributed by atoms with E-state index < -0.39 is 5.54 Å². The Morgan fingerprint density at radius 1 is 1.38 bits per heavy atom. The molecule has 116 valence electrons. The molecule has 0 fully saturated rings. The highest BCUT2D eigenvalue weighted by Crippen LogP contribution is 2.25. The molecule has 0 saturated carbocycles. The quantitative estimate of drug-likeness (QED) is 0.591. The Labute approximate surface area is 127 Å². The highest BCUT2D eigenvalue weighted by Gasteiger charge is 2.35. The number of carbonyl (C=O) groups is 1. The maximum absolute atomic E-state index is 12.3. The Kier molecular flexibility index (Phi) is 6.43. The van der Waals surface area contributed by atoms with Gasteiger partial charge >= 0.3 is 5.97 Å². The highest BCUT2D eigenvalue weighted by molar-refractivity contribution is 5.82. The Balaban J connectivity index is 3.02. The Bertz CT molecular complexity index is 467. The van der Waals surface area contributed by atoms with Gasteiger partial charge in [-0.2, -0.15) is 0 Å². The highest BCUT2D eigenvalue weighted by atomic mass is 16.5. The van der Waals surface area contributed by atoms with Gasteiger partial charge in [-0.15, -0.1) is 6.58 Å². The topological polar surface area (TPSA) is 47.6 Å². The fraction of sp³-hybridized carbons (Fsp3) is 0.471. The summed E-state index contributed by atoms with van der Waals surface area (Å²) in [5.41, 5.74) is -0.0699. The first-order chi connectivity index (χ1) is 9.93. The lowest BCUT2D eigenvalue weighted by Crippen LogP contribution is -2.47. The van der Waals surface area contributed by atoms with E-state index in [2.05, 4.69) is 11.9 Å². The number of esters is 1. The molecule has 21 heavy (non-hydrogen) atoms. The zero-order chi connectivity index (χ0) is 15.9. The molecular weight excluding hydrogens is 266 g/mol. The van der Waals surface area contributed by atoms with Crippen molar-refractivity contribution in [1.82, 2.24) is 5.32 Å². The van der Waals surface area contributed by atoms with E-state index in [-0.39, 0.29) is 12.1 Å². The molecule has 0 radical (unpaired) electrons. The summed E-state index contributed by atoms with van der Waals surface area (Å²) >= 11 is 0. The van der Waals surface area contributed by atoms with Gasteiger partial charge in [-0.1, -0.05) is 18.2 Å². The molecule has 0 aliphatic heterocycles. The van der Waals surface area contributed by atoms with Crippen LogP contribution in [0.25, 0.3) is 0 Å². The van der Waals surface area contributed by atoms with Crippen LogP contribution in [-0.2, 0) is 15.1 Å². The number of hydrogen-bond acceptors (Lipinski definition) is 4. The minimum Gasteiger partial charge on any atom is -0.491 e. The summed E-state index contributed by atoms with van der Waals surface area (Å²) in [7, 11) is 0. The summed E-state index contributed by atoms with van der Waals surface area (Å²) in [6, 6.07) is 7.49. The van der Waals surface area contributed by atoms with Gasteiger partial charge in [-0.05, 0) is 45.4 Å². The van der Waals surface area contributed by atoms with Crippen molar-refractivity contribution in [1.29, 1.82) is 0 Å². The number of carbonyl (C=O) groups excluding carboxylic acids is 1. The fourth-order valence-electron chi connectivity index (χ4n) is 1.98. The molecule has 1 unspecified atom stereocenters. The third-order valence-electron chi connectivity index (χ3n) is 3.09. The van der Waals surface area contributed by atoms with Crippen LogP contribution in [0.4, 0.5) is 0 Å². The molecule has 4 nitrogen and oxygen atoms in total. The van der Waals surface area contributed by atoms with Gasteiger partial charge in [0.1, 0.15) is 11.3 Å². The van der Waals surface area contributed by atoms with Gasteiger partial charge in [0.05, 0.1) is 12.7 Å². The molecule has 4 heteroatoms. The molecule has 0 amide bonds. The third-order valence-corrected chi connectivity index (χ3v) is 3.09. The second-order valence-electron chi connectivity index (χ2n) is 5.21. The van der Waals surface area contributed by atoms with Crippen LogP contribution in [0.2, 0.25) is 0 Å². The second-order valence-corrected chi connectivity index (χ2v) is 5.21. The fourth-order valence-corrected chi connectivity index (χ4v) is 1.98. The van der Waals surface area contributed by atoms with E-state index in [1.54, 1.807) is 13.0 Å². The molecule has 1 atom stereocenters. The lowest BCUT2D eigenvalue weighted by atomic mass is 9.92. The SMILES string of the molecule is C=CCNC(C)(C(=O)OCC)c1ccc(OC(C)C)cc1. The Hall–Kier alpha value is -1.81. The first-order valence-corrected chi connectivity index (χ1v) is 7.24. The predicted molar refractivity (Wildman–Crippen MR) is 84.4 cm³/mol. The van der Waals surface area contributed by atoms with E-state index in [0.717, 1.165) is 11.3 Å².